The van der Waals surface area contributed by atoms with Crippen LogP contribution in [0.1, 0.15) is 0 Å². The smallest absolute Gasteiger partial charge is 0.246 e. The maximum atomic E-state index is 6.03. The zero-order valence-corrected chi connectivity index (χ0v) is 17.3. The van der Waals surface area contributed by atoms with Gasteiger partial charge in [-0.05, 0) is 42.5 Å². The Balaban J connectivity index is 1.37. The number of nitrogens with one attached hydrogen (secondary N) is 1. The highest BCUT2D eigenvalue weighted by Gasteiger charge is 2.15. The third-order valence-corrected chi connectivity index (χ3v) is 5.49. The van der Waals surface area contributed by atoms with Gasteiger partial charge in [0.25, 0.3) is 0 Å². The van der Waals surface area contributed by atoms with Crippen molar-refractivity contribution >= 4 is 32.4 Å². The van der Waals surface area contributed by atoms with Crippen molar-refractivity contribution in [3.63, 3.8) is 0 Å². The van der Waals surface area contributed by atoms with Crippen LogP contribution in [0, 0.1) is 0 Å². The van der Waals surface area contributed by atoms with Gasteiger partial charge in [-0.2, -0.15) is 0 Å². The van der Waals surface area contributed by atoms with E-state index in [9.17, 15) is 0 Å². The molecule has 3 heterocycles. The monoisotopic (exact) mass is 427 g/mol. The molecule has 7 nitrogen and oxygen atoms in total. The molecule has 0 spiro atoms. The summed E-state index contributed by atoms with van der Waals surface area (Å²) in [6, 6.07) is 17.5. The van der Waals surface area contributed by atoms with E-state index in [1.807, 2.05) is 48.5 Å². The van der Waals surface area contributed by atoms with Gasteiger partial charge in [-0.15, -0.1) is 0 Å². The van der Waals surface area contributed by atoms with Gasteiger partial charge in [0.15, 0.2) is 5.13 Å². The lowest BCUT2D eigenvalue weighted by atomic mass is 10.2. The third-order valence-electron chi connectivity index (χ3n) is 4.54. The van der Waals surface area contributed by atoms with Crippen molar-refractivity contribution in [2.24, 2.45) is 0 Å². The number of fused-ring (bicyclic) bond motifs is 1. The molecule has 0 saturated heterocycles. The minimum atomic E-state index is 0.388. The molecule has 0 aliphatic heterocycles. The molecule has 0 amide bonds. The standard InChI is InChI=1S/C23H17N5O2S/c1-29-19-14-24-11-10-17(19)21-22(26-13-12-25-21)30-16-8-6-15(7-9-16)27-23-28-18-4-2-3-5-20(18)31-23/h2-14H,1H3,(H,27,28). The summed E-state index contributed by atoms with van der Waals surface area (Å²) >= 11 is 1.61. The first-order valence-corrected chi connectivity index (χ1v) is 10.3. The largest absolute Gasteiger partial charge is 0.494 e. The van der Waals surface area contributed by atoms with E-state index in [1.165, 1.54) is 0 Å². The Kier molecular flexibility index (Phi) is 5.12. The minimum Gasteiger partial charge on any atom is -0.494 e. The number of methoxy groups -OCH3 is 1. The van der Waals surface area contributed by atoms with E-state index >= 15 is 0 Å². The zero-order valence-electron chi connectivity index (χ0n) is 16.5. The molecule has 0 aliphatic carbocycles. The van der Waals surface area contributed by atoms with E-state index in [1.54, 1.807) is 43.2 Å². The number of benzene rings is 2. The molecule has 0 atom stereocenters. The van der Waals surface area contributed by atoms with Gasteiger partial charge in [0.1, 0.15) is 17.2 Å². The summed E-state index contributed by atoms with van der Waals surface area (Å²) in [4.78, 5) is 17.5. The molecule has 0 radical (unpaired) electrons. The number of hydrogen-bond acceptors (Lipinski definition) is 8. The van der Waals surface area contributed by atoms with Crippen LogP contribution in [0.25, 0.3) is 21.5 Å². The second-order valence-corrected chi connectivity index (χ2v) is 7.55. The molecule has 31 heavy (non-hydrogen) atoms. The molecule has 3 aromatic heterocycles. The molecule has 5 rings (SSSR count). The highest BCUT2D eigenvalue weighted by molar-refractivity contribution is 7.22. The summed E-state index contributed by atoms with van der Waals surface area (Å²) < 4.78 is 12.6. The van der Waals surface area contributed by atoms with Crippen molar-refractivity contribution in [1.82, 2.24) is 19.9 Å². The fourth-order valence-electron chi connectivity index (χ4n) is 3.09. The molecule has 5 aromatic rings. The zero-order chi connectivity index (χ0) is 21.0. The van der Waals surface area contributed by atoms with Crippen LogP contribution in [-0.2, 0) is 0 Å². The molecule has 0 unspecified atom stereocenters. The third kappa shape index (κ3) is 4.01. The molecular formula is C23H17N5O2S. The van der Waals surface area contributed by atoms with E-state index in [-0.39, 0.29) is 0 Å². The summed E-state index contributed by atoms with van der Waals surface area (Å²) in [5, 5.41) is 4.18. The Hall–Kier alpha value is -4.04. The second kappa shape index (κ2) is 8.37. The van der Waals surface area contributed by atoms with Crippen LogP contribution in [0.2, 0.25) is 0 Å². The van der Waals surface area contributed by atoms with Crippen molar-refractivity contribution in [1.29, 1.82) is 0 Å². The van der Waals surface area contributed by atoms with Crippen LogP contribution in [0.15, 0.2) is 79.4 Å². The predicted octanol–water partition coefficient (Wildman–Crippen LogP) is 5.69. The van der Waals surface area contributed by atoms with Crippen molar-refractivity contribution in [3.05, 3.63) is 79.4 Å². The maximum Gasteiger partial charge on any atom is 0.246 e. The van der Waals surface area contributed by atoms with Gasteiger partial charge >= 0.3 is 0 Å². The van der Waals surface area contributed by atoms with E-state index in [4.69, 9.17) is 9.47 Å². The van der Waals surface area contributed by atoms with Gasteiger partial charge in [0, 0.05) is 24.3 Å². The van der Waals surface area contributed by atoms with Crippen molar-refractivity contribution in [2.75, 3.05) is 12.4 Å². The van der Waals surface area contributed by atoms with Crippen molar-refractivity contribution in [2.45, 2.75) is 0 Å². The number of nitrogens with zero attached hydrogens (tertiary/aromatic N) is 4. The average molecular weight is 427 g/mol. The first kappa shape index (κ1) is 19.0. The maximum absolute atomic E-state index is 6.03. The average Bonchev–Trinajstić information content (AvgIpc) is 3.23. The predicted molar refractivity (Wildman–Crippen MR) is 121 cm³/mol. The first-order chi connectivity index (χ1) is 15.3. The number of anilines is 2. The molecule has 0 aliphatic rings. The minimum absolute atomic E-state index is 0.388. The van der Waals surface area contributed by atoms with E-state index in [0.29, 0.717) is 23.1 Å². The number of thiazole rings is 1. The van der Waals surface area contributed by atoms with Crippen LogP contribution in [-0.4, -0.2) is 27.0 Å². The van der Waals surface area contributed by atoms with Crippen LogP contribution < -0.4 is 14.8 Å². The van der Waals surface area contributed by atoms with Gasteiger partial charge < -0.3 is 14.8 Å². The van der Waals surface area contributed by atoms with Crippen molar-refractivity contribution in [3.8, 4) is 28.6 Å². The molecule has 152 valence electrons. The number of para-hydroxylation sites is 1. The Morgan fingerprint density at radius 1 is 0.903 bits per heavy atom. The van der Waals surface area contributed by atoms with E-state index in [0.717, 1.165) is 26.6 Å². The number of pyridine rings is 1. The molecule has 1 N–H and O–H groups in total. The van der Waals surface area contributed by atoms with Crippen LogP contribution in [0.4, 0.5) is 10.8 Å². The Morgan fingerprint density at radius 2 is 1.74 bits per heavy atom. The molecule has 0 fully saturated rings. The highest BCUT2D eigenvalue weighted by Crippen LogP contribution is 2.35. The number of hydrogen-bond donors (Lipinski definition) is 1. The summed E-state index contributed by atoms with van der Waals surface area (Å²) in [5.41, 5.74) is 3.24. The lowest BCUT2D eigenvalue weighted by molar-refractivity contribution is 0.413. The quantitative estimate of drug-likeness (QED) is 0.373. The van der Waals surface area contributed by atoms with Crippen molar-refractivity contribution < 1.29 is 9.47 Å². The van der Waals surface area contributed by atoms with Gasteiger partial charge in [-0.25, -0.2) is 15.0 Å². The van der Waals surface area contributed by atoms with Crippen LogP contribution in [0.3, 0.4) is 0 Å². The fraction of sp³-hybridized carbons (Fsp3) is 0.0435. The molecule has 2 aromatic carbocycles. The molecule has 0 saturated carbocycles. The first-order valence-electron chi connectivity index (χ1n) is 9.50. The van der Waals surface area contributed by atoms with E-state index < -0.39 is 0 Å². The number of rotatable bonds is 6. The molecule has 0 bridgehead atoms. The lowest BCUT2D eigenvalue weighted by Crippen LogP contribution is -1.97. The van der Waals surface area contributed by atoms with Gasteiger partial charge in [0.05, 0.1) is 29.1 Å². The highest BCUT2D eigenvalue weighted by atomic mass is 32.1. The van der Waals surface area contributed by atoms with Gasteiger partial charge in [0.2, 0.25) is 5.88 Å². The van der Waals surface area contributed by atoms with Gasteiger partial charge in [-0.3, -0.25) is 4.98 Å². The summed E-state index contributed by atoms with van der Waals surface area (Å²) in [6.45, 7) is 0. The Morgan fingerprint density at radius 3 is 2.58 bits per heavy atom. The summed E-state index contributed by atoms with van der Waals surface area (Å²) in [5.74, 6) is 1.63. The second-order valence-electron chi connectivity index (χ2n) is 6.52. The molecule has 8 heteroatoms. The van der Waals surface area contributed by atoms with Crippen LogP contribution in [0.5, 0.6) is 17.4 Å². The number of ether oxygens (including phenoxy) is 2. The summed E-state index contributed by atoms with van der Waals surface area (Å²) in [6.07, 6.45) is 6.53. The van der Waals surface area contributed by atoms with Crippen LogP contribution >= 0.6 is 11.3 Å². The normalized spacial score (nSPS) is 10.7. The number of aromatic nitrogens is 4. The molecular weight excluding hydrogens is 410 g/mol. The van der Waals surface area contributed by atoms with Gasteiger partial charge in [-0.1, -0.05) is 23.5 Å². The Labute approximate surface area is 182 Å². The lowest BCUT2D eigenvalue weighted by Gasteiger charge is -2.12. The summed E-state index contributed by atoms with van der Waals surface area (Å²) in [7, 11) is 1.59. The Bertz CT molecular complexity index is 1300. The fourth-order valence-corrected chi connectivity index (χ4v) is 3.98. The SMILES string of the molecule is COc1cnccc1-c1nccnc1Oc1ccc(Nc2nc3ccccc3s2)cc1. The topological polar surface area (TPSA) is 82.1 Å². The van der Waals surface area contributed by atoms with E-state index in [2.05, 4.69) is 31.3 Å².